The third-order valence-electron chi connectivity index (χ3n) is 3.65. The first kappa shape index (κ1) is 16.1. The van der Waals surface area contributed by atoms with Crippen molar-refractivity contribution in [2.24, 2.45) is 5.73 Å². The molecule has 0 unspecified atom stereocenters. The smallest absolute Gasteiger partial charge is 0.267 e. The number of phenolic OH excluding ortho intramolecular Hbond substituents is 1. The summed E-state index contributed by atoms with van der Waals surface area (Å²) in [6.07, 6.45) is -1.63. The minimum absolute atomic E-state index is 0.351. The molecule has 21 heavy (non-hydrogen) atoms. The fourth-order valence-corrected chi connectivity index (χ4v) is 2.19. The summed E-state index contributed by atoms with van der Waals surface area (Å²) in [5.74, 6) is -1.02. The van der Waals surface area contributed by atoms with Gasteiger partial charge < -0.3 is 20.3 Å². The van der Waals surface area contributed by atoms with Gasteiger partial charge in [0.1, 0.15) is 5.75 Å². The van der Waals surface area contributed by atoms with E-state index < -0.39 is 17.8 Å². The number of aryl methyl sites for hydroxylation is 1. The molecular weight excluding hydrogens is 280 g/mol. The van der Waals surface area contributed by atoms with E-state index in [0.29, 0.717) is 31.6 Å². The Labute approximate surface area is 122 Å². The van der Waals surface area contributed by atoms with Crippen LogP contribution in [-0.2, 0) is 15.9 Å². The van der Waals surface area contributed by atoms with Gasteiger partial charge in [-0.2, -0.15) is 0 Å². The Morgan fingerprint density at radius 3 is 2.48 bits per heavy atom. The largest absolute Gasteiger partial charge is 0.507 e. The third-order valence-corrected chi connectivity index (χ3v) is 3.65. The zero-order valence-electron chi connectivity index (χ0n) is 12.2. The van der Waals surface area contributed by atoms with Crippen molar-refractivity contribution in [1.29, 1.82) is 0 Å². The zero-order chi connectivity index (χ0) is 15.7. The quantitative estimate of drug-likeness (QED) is 0.897. The van der Waals surface area contributed by atoms with Crippen molar-refractivity contribution in [2.45, 2.75) is 44.4 Å². The molecule has 4 nitrogen and oxygen atoms in total. The van der Waals surface area contributed by atoms with Crippen LogP contribution in [0, 0.1) is 0 Å². The Morgan fingerprint density at radius 2 is 1.90 bits per heavy atom. The Kier molecular flexibility index (Phi) is 4.51. The van der Waals surface area contributed by atoms with Crippen LogP contribution in [-0.4, -0.2) is 29.6 Å². The molecule has 0 atom stereocenters. The molecule has 0 bridgehead atoms. The molecule has 0 aromatic heterocycles. The number of hydrogen-bond donors (Lipinski definition) is 2. The van der Waals surface area contributed by atoms with Crippen molar-refractivity contribution < 1.29 is 23.4 Å². The second kappa shape index (κ2) is 5.87. The van der Waals surface area contributed by atoms with E-state index in [4.69, 9.17) is 15.2 Å². The van der Waals surface area contributed by atoms with Gasteiger partial charge in [-0.05, 0) is 44.4 Å². The van der Waals surface area contributed by atoms with Crippen molar-refractivity contribution in [2.75, 3.05) is 13.2 Å². The number of ether oxygens (including phenoxy) is 2. The number of alkyl halides is 2. The number of benzene rings is 1. The Hall–Kier alpha value is -1.24. The number of rotatable bonds is 4. The van der Waals surface area contributed by atoms with Crippen molar-refractivity contribution in [3.05, 3.63) is 29.3 Å². The lowest BCUT2D eigenvalue weighted by Gasteiger charge is -2.41. The molecule has 0 saturated carbocycles. The topological polar surface area (TPSA) is 64.7 Å². The zero-order valence-corrected chi connectivity index (χ0v) is 12.2. The monoisotopic (exact) mass is 301 g/mol. The number of nitrogens with two attached hydrogens (primary N) is 1. The molecule has 2 rings (SSSR count). The van der Waals surface area contributed by atoms with Gasteiger partial charge in [-0.1, -0.05) is 6.07 Å². The van der Waals surface area contributed by atoms with Crippen LogP contribution in [0.15, 0.2) is 18.2 Å². The normalized spacial score (nSPS) is 20.7. The van der Waals surface area contributed by atoms with Gasteiger partial charge >= 0.3 is 0 Å². The van der Waals surface area contributed by atoms with E-state index in [-0.39, 0.29) is 11.3 Å². The first-order valence-corrected chi connectivity index (χ1v) is 6.88. The summed E-state index contributed by atoms with van der Waals surface area (Å²) in [4.78, 5) is 0. The maximum Gasteiger partial charge on any atom is 0.267 e. The molecule has 1 aromatic rings. The molecule has 1 heterocycles. The molecule has 1 aliphatic rings. The van der Waals surface area contributed by atoms with Crippen molar-refractivity contribution in [1.82, 2.24) is 0 Å². The highest BCUT2D eigenvalue weighted by molar-refractivity contribution is 5.37. The van der Waals surface area contributed by atoms with E-state index >= 15 is 0 Å². The lowest BCUT2D eigenvalue weighted by Crippen LogP contribution is -2.57. The van der Waals surface area contributed by atoms with Gasteiger partial charge in [0.25, 0.3) is 6.43 Å². The SMILES string of the molecule is CC1(C)OCC(N)(CCc2ccc(O)c(C(F)F)c2)CO1. The molecule has 118 valence electrons. The number of hydrogen-bond acceptors (Lipinski definition) is 4. The maximum absolute atomic E-state index is 12.7. The summed E-state index contributed by atoms with van der Waals surface area (Å²) in [7, 11) is 0. The van der Waals surface area contributed by atoms with E-state index in [2.05, 4.69) is 0 Å². The van der Waals surface area contributed by atoms with Crippen molar-refractivity contribution >= 4 is 0 Å². The molecule has 0 radical (unpaired) electrons. The average Bonchev–Trinajstić information content (AvgIpc) is 2.42. The van der Waals surface area contributed by atoms with Gasteiger partial charge in [0.15, 0.2) is 5.79 Å². The second-order valence-electron chi connectivity index (χ2n) is 6.03. The summed E-state index contributed by atoms with van der Waals surface area (Å²) in [6, 6.07) is 4.23. The summed E-state index contributed by atoms with van der Waals surface area (Å²) in [5, 5.41) is 9.39. The van der Waals surface area contributed by atoms with Gasteiger partial charge in [0.05, 0.1) is 24.3 Å². The second-order valence-corrected chi connectivity index (χ2v) is 6.03. The van der Waals surface area contributed by atoms with Gasteiger partial charge in [-0.3, -0.25) is 0 Å². The van der Waals surface area contributed by atoms with Gasteiger partial charge in [-0.25, -0.2) is 8.78 Å². The fourth-order valence-electron chi connectivity index (χ4n) is 2.19. The predicted molar refractivity (Wildman–Crippen MR) is 74.3 cm³/mol. The van der Waals surface area contributed by atoms with Crippen molar-refractivity contribution in [3.8, 4) is 5.75 Å². The fraction of sp³-hybridized carbons (Fsp3) is 0.600. The number of halogens is 2. The first-order chi connectivity index (χ1) is 9.71. The van der Waals surface area contributed by atoms with Gasteiger partial charge in [0, 0.05) is 0 Å². The molecule has 6 heteroatoms. The first-order valence-electron chi connectivity index (χ1n) is 6.88. The van der Waals surface area contributed by atoms with Crippen LogP contribution in [0.1, 0.15) is 37.8 Å². The highest BCUT2D eigenvalue weighted by atomic mass is 19.3. The van der Waals surface area contributed by atoms with Crippen LogP contribution >= 0.6 is 0 Å². The molecule has 0 amide bonds. The Bertz CT molecular complexity index is 496. The van der Waals surface area contributed by atoms with E-state index in [1.807, 2.05) is 13.8 Å². The summed E-state index contributed by atoms with van der Waals surface area (Å²) in [5.41, 5.74) is 5.94. The lowest BCUT2D eigenvalue weighted by atomic mass is 9.92. The molecular formula is C15H21F2NO3. The highest BCUT2D eigenvalue weighted by Crippen LogP contribution is 2.30. The van der Waals surface area contributed by atoms with E-state index in [1.54, 1.807) is 6.07 Å². The van der Waals surface area contributed by atoms with Crippen LogP contribution in [0.25, 0.3) is 0 Å². The average molecular weight is 301 g/mol. The summed E-state index contributed by atoms with van der Waals surface area (Å²) >= 11 is 0. The van der Waals surface area contributed by atoms with Crippen LogP contribution < -0.4 is 5.73 Å². The van der Waals surface area contributed by atoms with Gasteiger partial charge in [0.2, 0.25) is 0 Å². The van der Waals surface area contributed by atoms with Gasteiger partial charge in [-0.15, -0.1) is 0 Å². The standard InChI is InChI=1S/C15H21F2NO3/c1-14(2)20-8-15(18,9-21-14)6-5-10-3-4-12(19)11(7-10)13(16)17/h3-4,7,13,19H,5-6,8-9,18H2,1-2H3. The maximum atomic E-state index is 12.7. The molecule has 0 aliphatic carbocycles. The molecule has 1 aliphatic heterocycles. The molecule has 0 spiro atoms. The Morgan fingerprint density at radius 1 is 1.29 bits per heavy atom. The minimum Gasteiger partial charge on any atom is -0.507 e. The molecule has 1 fully saturated rings. The molecule has 1 saturated heterocycles. The number of phenols is 1. The lowest BCUT2D eigenvalue weighted by molar-refractivity contribution is -0.267. The van der Waals surface area contributed by atoms with Crippen LogP contribution in [0.4, 0.5) is 8.78 Å². The van der Waals surface area contributed by atoms with E-state index in [0.717, 1.165) is 0 Å². The predicted octanol–water partition coefficient (Wildman–Crippen LogP) is 2.74. The highest BCUT2D eigenvalue weighted by Gasteiger charge is 2.36. The van der Waals surface area contributed by atoms with Crippen LogP contribution in [0.2, 0.25) is 0 Å². The van der Waals surface area contributed by atoms with E-state index in [9.17, 15) is 13.9 Å². The van der Waals surface area contributed by atoms with Crippen molar-refractivity contribution in [3.63, 3.8) is 0 Å². The number of aromatic hydroxyl groups is 1. The molecule has 1 aromatic carbocycles. The van der Waals surface area contributed by atoms with E-state index in [1.165, 1.54) is 12.1 Å². The summed E-state index contributed by atoms with van der Waals surface area (Å²) < 4.78 is 36.6. The van der Waals surface area contributed by atoms with Crippen LogP contribution in [0.3, 0.4) is 0 Å². The Balaban J connectivity index is 1.99. The molecule has 3 N–H and O–H groups in total. The third kappa shape index (κ3) is 4.12. The summed E-state index contributed by atoms with van der Waals surface area (Å²) in [6.45, 7) is 4.36. The van der Waals surface area contributed by atoms with Crippen LogP contribution in [0.5, 0.6) is 5.75 Å². The minimum atomic E-state index is -2.70.